The summed E-state index contributed by atoms with van der Waals surface area (Å²) in [6.45, 7) is -0.343. The fraction of sp³-hybridized carbons (Fsp3) is 0.208. The maximum absolute atomic E-state index is 13.3. The van der Waals surface area contributed by atoms with Crippen LogP contribution in [0.5, 0.6) is 0 Å². The molecule has 10 heteroatoms. The van der Waals surface area contributed by atoms with Gasteiger partial charge in [0, 0.05) is 13.1 Å². The van der Waals surface area contributed by atoms with Gasteiger partial charge in [0.1, 0.15) is 6.54 Å². The molecule has 3 rings (SSSR count). The van der Waals surface area contributed by atoms with E-state index in [0.29, 0.717) is 10.4 Å². The molecule has 0 aromatic heterocycles. The number of sulfonamides is 1. The second kappa shape index (κ2) is 10.5. The van der Waals surface area contributed by atoms with Crippen molar-refractivity contribution >= 4 is 33.2 Å². The molecule has 0 heterocycles. The molecule has 0 spiro atoms. The van der Waals surface area contributed by atoms with Gasteiger partial charge in [-0.3, -0.25) is 9.10 Å². The Bertz CT molecular complexity index is 1200. The van der Waals surface area contributed by atoms with E-state index in [0.717, 1.165) is 29.5 Å². The third kappa shape index (κ3) is 6.74. The van der Waals surface area contributed by atoms with Crippen LogP contribution in [-0.4, -0.2) is 32.0 Å². The summed E-state index contributed by atoms with van der Waals surface area (Å²) in [5, 5.41) is -0.219. The van der Waals surface area contributed by atoms with Gasteiger partial charge in [-0.1, -0.05) is 72.3 Å². The molecular weight excluding hydrogens is 489 g/mol. The summed E-state index contributed by atoms with van der Waals surface area (Å²) in [5.41, 5.74) is 0.148. The van der Waals surface area contributed by atoms with Crippen LogP contribution in [0.3, 0.4) is 0 Å². The number of halogens is 4. The minimum atomic E-state index is -4.71. The Balaban J connectivity index is 1.96. The number of benzene rings is 3. The molecule has 1 amide bonds. The minimum absolute atomic E-state index is 0.183. The average molecular weight is 511 g/mol. The highest BCUT2D eigenvalue weighted by molar-refractivity contribution is 7.92. The normalized spacial score (nSPS) is 11.8. The number of carbonyl (C=O) groups excluding carboxylic acids is 1. The van der Waals surface area contributed by atoms with Crippen molar-refractivity contribution in [3.05, 3.63) is 101 Å². The van der Waals surface area contributed by atoms with Gasteiger partial charge in [0.2, 0.25) is 15.9 Å². The molecule has 34 heavy (non-hydrogen) atoms. The van der Waals surface area contributed by atoms with E-state index in [1.54, 1.807) is 0 Å². The predicted octanol–water partition coefficient (Wildman–Crippen LogP) is 5.35. The largest absolute Gasteiger partial charge is 0.416 e. The number of carbonyl (C=O) groups is 1. The average Bonchev–Trinajstić information content (AvgIpc) is 2.77. The van der Waals surface area contributed by atoms with Crippen molar-refractivity contribution in [2.45, 2.75) is 19.3 Å². The van der Waals surface area contributed by atoms with Crippen LogP contribution in [0.2, 0.25) is 5.02 Å². The molecule has 0 aliphatic rings. The minimum Gasteiger partial charge on any atom is -0.332 e. The predicted molar refractivity (Wildman–Crippen MR) is 126 cm³/mol. The number of amides is 1. The Hall–Kier alpha value is -3.04. The number of hydrogen-bond donors (Lipinski definition) is 0. The van der Waals surface area contributed by atoms with Gasteiger partial charge in [-0.2, -0.15) is 13.2 Å². The van der Waals surface area contributed by atoms with Crippen LogP contribution >= 0.6 is 11.6 Å². The van der Waals surface area contributed by atoms with Gasteiger partial charge < -0.3 is 4.90 Å². The van der Waals surface area contributed by atoms with Crippen molar-refractivity contribution in [2.24, 2.45) is 0 Å². The second-order valence-electron chi connectivity index (χ2n) is 7.65. The van der Waals surface area contributed by atoms with Crippen molar-refractivity contribution in [3.63, 3.8) is 0 Å². The van der Waals surface area contributed by atoms with Crippen molar-refractivity contribution < 1.29 is 26.4 Å². The molecule has 0 aliphatic heterocycles. The Morgan fingerprint density at radius 3 is 1.82 bits per heavy atom. The van der Waals surface area contributed by atoms with Crippen LogP contribution in [0.1, 0.15) is 16.7 Å². The van der Waals surface area contributed by atoms with Crippen LogP contribution in [0.25, 0.3) is 0 Å². The first-order valence-corrected chi connectivity index (χ1v) is 12.4. The Morgan fingerprint density at radius 1 is 0.882 bits per heavy atom. The van der Waals surface area contributed by atoms with Gasteiger partial charge in [-0.15, -0.1) is 0 Å². The molecule has 0 N–H and O–H groups in total. The fourth-order valence-corrected chi connectivity index (χ4v) is 4.45. The second-order valence-corrected chi connectivity index (χ2v) is 9.97. The lowest BCUT2D eigenvalue weighted by molar-refractivity contribution is -0.137. The van der Waals surface area contributed by atoms with E-state index in [9.17, 15) is 26.4 Å². The molecule has 0 aliphatic carbocycles. The standard InChI is InChI=1S/C24H22ClF3N2O3S/c1-34(32,33)30(22-14-20(24(26,27)28)12-13-21(22)25)17-23(31)29(15-18-8-4-2-5-9-18)16-19-10-6-3-7-11-19/h2-14H,15-17H2,1H3. The van der Waals surface area contributed by atoms with Crippen LogP contribution in [-0.2, 0) is 34.1 Å². The number of nitrogens with zero attached hydrogens (tertiary/aromatic N) is 2. The molecule has 180 valence electrons. The number of hydrogen-bond acceptors (Lipinski definition) is 3. The van der Waals surface area contributed by atoms with Crippen LogP contribution in [0.4, 0.5) is 18.9 Å². The van der Waals surface area contributed by atoms with Crippen molar-refractivity contribution in [1.82, 2.24) is 4.90 Å². The van der Waals surface area contributed by atoms with E-state index in [4.69, 9.17) is 11.6 Å². The van der Waals surface area contributed by atoms with Gasteiger partial charge in [0.15, 0.2) is 0 Å². The van der Waals surface area contributed by atoms with Crippen molar-refractivity contribution in [3.8, 4) is 0 Å². The summed E-state index contributed by atoms with van der Waals surface area (Å²) < 4.78 is 65.4. The smallest absolute Gasteiger partial charge is 0.332 e. The van der Waals surface area contributed by atoms with Gasteiger partial charge >= 0.3 is 6.18 Å². The molecule has 0 saturated carbocycles. The molecule has 0 bridgehead atoms. The van der Waals surface area contributed by atoms with E-state index in [-0.39, 0.29) is 18.1 Å². The van der Waals surface area contributed by atoms with Crippen LogP contribution in [0.15, 0.2) is 78.9 Å². The van der Waals surface area contributed by atoms with Crippen molar-refractivity contribution in [1.29, 1.82) is 0 Å². The molecule has 0 radical (unpaired) electrons. The Labute approximate surface area is 201 Å². The summed E-state index contributed by atoms with van der Waals surface area (Å²) in [6, 6.07) is 20.5. The quantitative estimate of drug-likeness (QED) is 0.410. The summed E-state index contributed by atoms with van der Waals surface area (Å²) >= 11 is 6.07. The van der Waals surface area contributed by atoms with Gasteiger partial charge in [0.05, 0.1) is 22.5 Å². The fourth-order valence-electron chi connectivity index (χ4n) is 3.32. The molecule has 0 saturated heterocycles. The lowest BCUT2D eigenvalue weighted by Gasteiger charge is -2.28. The lowest BCUT2D eigenvalue weighted by atomic mass is 10.1. The summed E-state index contributed by atoms with van der Waals surface area (Å²) in [7, 11) is -4.14. The summed E-state index contributed by atoms with van der Waals surface area (Å²) in [6.07, 6.45) is -3.89. The zero-order chi connectivity index (χ0) is 24.9. The maximum Gasteiger partial charge on any atom is 0.416 e. The first-order chi connectivity index (χ1) is 15.9. The molecule has 5 nitrogen and oxygen atoms in total. The topological polar surface area (TPSA) is 57.7 Å². The van der Waals surface area contributed by atoms with E-state index in [2.05, 4.69) is 0 Å². The lowest BCUT2D eigenvalue weighted by Crippen LogP contribution is -2.42. The highest BCUT2D eigenvalue weighted by atomic mass is 35.5. The van der Waals surface area contributed by atoms with Gasteiger partial charge in [-0.25, -0.2) is 8.42 Å². The monoisotopic (exact) mass is 510 g/mol. The van der Waals surface area contributed by atoms with Crippen LogP contribution in [0, 0.1) is 0 Å². The summed E-state index contributed by atoms with van der Waals surface area (Å²) in [4.78, 5) is 14.8. The van der Waals surface area contributed by atoms with Gasteiger partial charge in [0.25, 0.3) is 0 Å². The Kier molecular flexibility index (Phi) is 7.89. The number of anilines is 1. The first-order valence-electron chi connectivity index (χ1n) is 10.2. The van der Waals surface area contributed by atoms with E-state index >= 15 is 0 Å². The zero-order valence-electron chi connectivity index (χ0n) is 18.2. The number of alkyl halides is 3. The molecular formula is C24H22ClF3N2O3S. The SMILES string of the molecule is CS(=O)(=O)N(CC(=O)N(Cc1ccccc1)Cc1ccccc1)c1cc(C(F)(F)F)ccc1Cl. The van der Waals surface area contributed by atoms with E-state index < -0.39 is 39.9 Å². The molecule has 0 atom stereocenters. The summed E-state index contributed by atoms with van der Waals surface area (Å²) in [5.74, 6) is -0.591. The van der Waals surface area contributed by atoms with E-state index in [1.807, 2.05) is 60.7 Å². The number of rotatable bonds is 8. The third-order valence-corrected chi connectivity index (χ3v) is 6.45. The van der Waals surface area contributed by atoms with Crippen LogP contribution < -0.4 is 4.31 Å². The first kappa shape index (κ1) is 25.6. The van der Waals surface area contributed by atoms with Crippen molar-refractivity contribution in [2.75, 3.05) is 17.1 Å². The third-order valence-electron chi connectivity index (χ3n) is 5.01. The van der Waals surface area contributed by atoms with Gasteiger partial charge in [-0.05, 0) is 29.3 Å². The molecule has 3 aromatic rings. The highest BCUT2D eigenvalue weighted by Crippen LogP contribution is 2.36. The highest BCUT2D eigenvalue weighted by Gasteiger charge is 2.33. The van der Waals surface area contributed by atoms with E-state index in [1.165, 1.54) is 4.90 Å². The molecule has 0 unspecified atom stereocenters. The molecule has 0 fully saturated rings. The Morgan fingerprint density at radius 2 is 1.38 bits per heavy atom. The zero-order valence-corrected chi connectivity index (χ0v) is 19.7. The molecule has 3 aromatic carbocycles. The maximum atomic E-state index is 13.3.